The predicted octanol–water partition coefficient (Wildman–Crippen LogP) is 5.79. The summed E-state index contributed by atoms with van der Waals surface area (Å²) in [4.78, 5) is 11.4. The molecular weight excluding hydrogens is 436 g/mol. The minimum Gasteiger partial charge on any atom is -0.373 e. The summed E-state index contributed by atoms with van der Waals surface area (Å²) >= 11 is 0. The highest BCUT2D eigenvalue weighted by molar-refractivity contribution is 5.85. The first kappa shape index (κ1) is 22.6. The first-order valence-corrected chi connectivity index (χ1v) is 10.1. The number of hydrogen-bond donors (Lipinski definition) is 1. The zero-order valence-corrected chi connectivity index (χ0v) is 17.1. The Hall–Kier alpha value is -2.55. The number of halogens is 6. The second-order valence-corrected chi connectivity index (χ2v) is 8.80. The van der Waals surface area contributed by atoms with E-state index in [0.29, 0.717) is 31.4 Å². The maximum absolute atomic E-state index is 13.2. The van der Waals surface area contributed by atoms with Crippen molar-refractivity contribution in [3.63, 3.8) is 0 Å². The number of carbonyl (C=O) groups excluding carboxylic acids is 1. The zero-order valence-electron chi connectivity index (χ0n) is 17.1. The van der Waals surface area contributed by atoms with Crippen molar-refractivity contribution in [3.8, 4) is 0 Å². The van der Waals surface area contributed by atoms with E-state index in [2.05, 4.69) is 5.32 Å². The van der Waals surface area contributed by atoms with Gasteiger partial charge in [-0.2, -0.15) is 26.3 Å². The van der Waals surface area contributed by atoms with Gasteiger partial charge >= 0.3 is 12.4 Å². The second kappa shape index (κ2) is 7.50. The Morgan fingerprint density at radius 1 is 0.969 bits per heavy atom. The Morgan fingerprint density at radius 3 is 1.97 bits per heavy atom. The van der Waals surface area contributed by atoms with Crippen LogP contribution in [-0.2, 0) is 27.3 Å². The molecule has 9 heteroatoms. The van der Waals surface area contributed by atoms with E-state index < -0.39 is 35.0 Å². The fraction of sp³-hybridized carbons (Fsp3) is 0.435. The van der Waals surface area contributed by atoms with Gasteiger partial charge in [-0.15, -0.1) is 0 Å². The van der Waals surface area contributed by atoms with E-state index in [4.69, 9.17) is 4.74 Å². The molecule has 2 aromatic carbocycles. The van der Waals surface area contributed by atoms with Crippen molar-refractivity contribution in [1.82, 2.24) is 5.32 Å². The molecule has 1 saturated carbocycles. The van der Waals surface area contributed by atoms with Crippen molar-refractivity contribution in [1.29, 1.82) is 0 Å². The monoisotopic (exact) mass is 457 g/mol. The third-order valence-electron chi connectivity index (χ3n) is 6.33. The van der Waals surface area contributed by atoms with E-state index in [9.17, 15) is 31.1 Å². The molecule has 2 aromatic rings. The standard InChI is InChI=1S/C23H21F6NO2/c1-14(15-7-17(22(24,25)26)9-18(8-15)23(27,28)29)32-13-20(16-5-3-2-4-6-16)11-21(12-20)10-19(31)30-21/h2-9,14H,10-13H2,1H3,(H,30,31)/t14-,20?,21?/m1/s1. The maximum Gasteiger partial charge on any atom is 0.416 e. The number of β-lactam (4-membered cyclic amide) rings is 1. The van der Waals surface area contributed by atoms with Gasteiger partial charge in [0.25, 0.3) is 0 Å². The lowest BCUT2D eigenvalue weighted by Crippen LogP contribution is -2.72. The van der Waals surface area contributed by atoms with Crippen molar-refractivity contribution in [2.24, 2.45) is 0 Å². The van der Waals surface area contributed by atoms with Crippen LogP contribution in [0.2, 0.25) is 0 Å². The number of alkyl halides is 6. The van der Waals surface area contributed by atoms with E-state index in [0.717, 1.165) is 5.56 Å². The summed E-state index contributed by atoms with van der Waals surface area (Å²) in [5.41, 5.74) is -2.75. The minimum absolute atomic E-state index is 0.0374. The number of carbonyl (C=O) groups is 1. The van der Waals surface area contributed by atoms with Crippen molar-refractivity contribution in [2.45, 2.75) is 55.6 Å². The van der Waals surface area contributed by atoms with E-state index >= 15 is 0 Å². The topological polar surface area (TPSA) is 38.3 Å². The average molecular weight is 457 g/mol. The van der Waals surface area contributed by atoms with Crippen molar-refractivity contribution in [2.75, 3.05) is 6.61 Å². The number of hydrogen-bond acceptors (Lipinski definition) is 2. The highest BCUT2D eigenvalue weighted by Gasteiger charge is 2.61. The number of rotatable bonds is 5. The van der Waals surface area contributed by atoms with E-state index in [1.165, 1.54) is 6.92 Å². The summed E-state index contributed by atoms with van der Waals surface area (Å²) in [6, 6.07) is 10.9. The zero-order chi connectivity index (χ0) is 23.4. The molecule has 32 heavy (non-hydrogen) atoms. The van der Waals surface area contributed by atoms with Gasteiger partial charge < -0.3 is 10.1 Å². The highest BCUT2D eigenvalue weighted by atomic mass is 19.4. The Kier molecular flexibility index (Phi) is 5.31. The van der Waals surface area contributed by atoms with Crippen molar-refractivity contribution >= 4 is 5.91 Å². The van der Waals surface area contributed by atoms with Gasteiger partial charge in [-0.3, -0.25) is 4.79 Å². The molecule has 1 heterocycles. The van der Waals surface area contributed by atoms with Crippen LogP contribution in [0.4, 0.5) is 26.3 Å². The SMILES string of the molecule is C[C@@H](OCC1(c2ccccc2)CC2(CC(=O)N2)C1)c1cc(C(F)(F)F)cc(C(F)(F)F)c1. The van der Waals surface area contributed by atoms with Gasteiger partial charge in [0, 0.05) is 11.8 Å². The minimum atomic E-state index is -4.91. The number of amides is 1. The Labute approximate surface area is 180 Å². The lowest BCUT2D eigenvalue weighted by Gasteiger charge is -2.60. The normalized spacial score (nSPS) is 26.3. The molecule has 1 atom stereocenters. The first-order chi connectivity index (χ1) is 14.8. The Morgan fingerprint density at radius 2 is 1.50 bits per heavy atom. The molecule has 1 aliphatic heterocycles. The third-order valence-corrected chi connectivity index (χ3v) is 6.33. The van der Waals surface area contributed by atoms with Gasteiger partial charge in [-0.1, -0.05) is 30.3 Å². The van der Waals surface area contributed by atoms with E-state index in [-0.39, 0.29) is 29.7 Å². The summed E-state index contributed by atoms with van der Waals surface area (Å²) in [6.07, 6.45) is -9.23. The van der Waals surface area contributed by atoms with Gasteiger partial charge in [-0.25, -0.2) is 0 Å². The molecule has 0 aromatic heterocycles. The molecule has 172 valence electrons. The van der Waals surface area contributed by atoms with Crippen LogP contribution in [0, 0.1) is 0 Å². The Balaban J connectivity index is 1.56. The summed E-state index contributed by atoms with van der Waals surface area (Å²) in [7, 11) is 0. The van der Waals surface area contributed by atoms with Crippen LogP contribution in [0.15, 0.2) is 48.5 Å². The van der Waals surface area contributed by atoms with Crippen LogP contribution in [-0.4, -0.2) is 18.1 Å². The lowest BCUT2D eigenvalue weighted by molar-refractivity contribution is -0.145. The predicted molar refractivity (Wildman–Crippen MR) is 104 cm³/mol. The molecular formula is C23H21F6NO2. The van der Waals surface area contributed by atoms with Crippen molar-refractivity contribution < 1.29 is 35.9 Å². The van der Waals surface area contributed by atoms with Gasteiger partial charge in [0.1, 0.15) is 0 Å². The van der Waals surface area contributed by atoms with Gasteiger partial charge in [0.15, 0.2) is 0 Å². The second-order valence-electron chi connectivity index (χ2n) is 8.80. The van der Waals surface area contributed by atoms with Gasteiger partial charge in [0.05, 0.1) is 29.4 Å². The first-order valence-electron chi connectivity index (χ1n) is 10.1. The number of nitrogens with one attached hydrogen (secondary N) is 1. The largest absolute Gasteiger partial charge is 0.416 e. The smallest absolute Gasteiger partial charge is 0.373 e. The molecule has 1 aliphatic carbocycles. The fourth-order valence-corrected chi connectivity index (χ4v) is 4.82. The fourth-order valence-electron chi connectivity index (χ4n) is 4.82. The highest BCUT2D eigenvalue weighted by Crippen LogP contribution is 2.55. The van der Waals surface area contributed by atoms with E-state index in [1.54, 1.807) is 0 Å². The lowest BCUT2D eigenvalue weighted by atomic mass is 9.51. The van der Waals surface area contributed by atoms with Crippen LogP contribution >= 0.6 is 0 Å². The average Bonchev–Trinajstić information content (AvgIpc) is 2.67. The molecule has 4 rings (SSSR count). The molecule has 0 bridgehead atoms. The van der Waals surface area contributed by atoms with Gasteiger partial charge in [-0.05, 0) is 49.1 Å². The molecule has 1 amide bonds. The van der Waals surface area contributed by atoms with Crippen LogP contribution in [0.5, 0.6) is 0 Å². The third kappa shape index (κ3) is 4.22. The van der Waals surface area contributed by atoms with Crippen molar-refractivity contribution in [3.05, 3.63) is 70.8 Å². The number of benzene rings is 2. The molecule has 2 aliphatic rings. The Bertz CT molecular complexity index is 967. The summed E-state index contributed by atoms with van der Waals surface area (Å²) in [5.74, 6) is -0.0374. The summed E-state index contributed by atoms with van der Waals surface area (Å²) in [6.45, 7) is 1.54. The molecule has 1 N–H and O–H groups in total. The van der Waals surface area contributed by atoms with E-state index in [1.807, 2.05) is 30.3 Å². The van der Waals surface area contributed by atoms with Crippen LogP contribution in [0.1, 0.15) is 54.5 Å². The molecule has 2 fully saturated rings. The molecule has 0 radical (unpaired) electrons. The van der Waals surface area contributed by atoms with Crippen LogP contribution in [0.3, 0.4) is 0 Å². The van der Waals surface area contributed by atoms with Gasteiger partial charge in [0.2, 0.25) is 5.91 Å². The number of ether oxygens (including phenoxy) is 1. The molecule has 1 spiro atoms. The quantitative estimate of drug-likeness (QED) is 0.456. The maximum atomic E-state index is 13.2. The molecule has 1 saturated heterocycles. The van der Waals surface area contributed by atoms with Crippen LogP contribution < -0.4 is 5.32 Å². The molecule has 3 nitrogen and oxygen atoms in total. The van der Waals surface area contributed by atoms with Crippen LogP contribution in [0.25, 0.3) is 0 Å². The molecule has 0 unspecified atom stereocenters. The summed E-state index contributed by atoms with van der Waals surface area (Å²) < 4.78 is 84.9. The summed E-state index contributed by atoms with van der Waals surface area (Å²) in [5, 5.41) is 2.90.